The van der Waals surface area contributed by atoms with E-state index < -0.39 is 0 Å². The van der Waals surface area contributed by atoms with Crippen molar-refractivity contribution in [2.45, 2.75) is 64.0 Å². The number of amides is 1. The van der Waals surface area contributed by atoms with Gasteiger partial charge in [0.25, 0.3) is 0 Å². The van der Waals surface area contributed by atoms with Crippen molar-refractivity contribution >= 4 is 5.91 Å². The van der Waals surface area contributed by atoms with Crippen LogP contribution in [-0.2, 0) is 4.79 Å². The smallest absolute Gasteiger partial charge is 0.237 e. The molecule has 1 aliphatic carbocycles. The Hall–Kier alpha value is -1.08. The number of nitriles is 1. The largest absolute Gasteiger partial charge is 0.358 e. The van der Waals surface area contributed by atoms with Crippen LogP contribution >= 0.6 is 0 Å². The van der Waals surface area contributed by atoms with Crippen LogP contribution in [0.4, 0.5) is 0 Å². The van der Waals surface area contributed by atoms with Gasteiger partial charge in [0.1, 0.15) is 0 Å². The average Bonchev–Trinajstić information content (AvgIpc) is 2.53. The van der Waals surface area contributed by atoms with Gasteiger partial charge >= 0.3 is 0 Å². The van der Waals surface area contributed by atoms with Crippen LogP contribution in [0.3, 0.4) is 0 Å². The average molecular weight is 277 g/mol. The summed E-state index contributed by atoms with van der Waals surface area (Å²) >= 11 is 0. The number of carbonyl (C=O) groups is 1. The van der Waals surface area contributed by atoms with E-state index in [1.807, 2.05) is 0 Å². The van der Waals surface area contributed by atoms with E-state index in [2.05, 4.69) is 23.2 Å². The first-order valence-corrected chi connectivity index (χ1v) is 8.08. The molecule has 4 heteroatoms. The Morgan fingerprint density at radius 3 is 2.80 bits per heavy atom. The van der Waals surface area contributed by atoms with Crippen molar-refractivity contribution in [1.82, 2.24) is 10.2 Å². The molecule has 4 nitrogen and oxygen atoms in total. The normalized spacial score (nSPS) is 35.2. The standard InChI is InChI=1S/C16H27N3O/c1-3-12-7-8-13(11-17)15(10-12)19-9-5-4-6-14(19)16(20)18-2/h12-15H,3-10H2,1-2H3,(H,18,20). The first-order chi connectivity index (χ1) is 9.71. The zero-order valence-corrected chi connectivity index (χ0v) is 12.8. The van der Waals surface area contributed by atoms with Gasteiger partial charge in [-0.25, -0.2) is 0 Å². The fraction of sp³-hybridized carbons (Fsp3) is 0.875. The van der Waals surface area contributed by atoms with E-state index >= 15 is 0 Å². The van der Waals surface area contributed by atoms with Gasteiger partial charge < -0.3 is 5.32 Å². The molecule has 1 amide bonds. The lowest BCUT2D eigenvalue weighted by Gasteiger charge is -2.45. The number of carbonyl (C=O) groups excluding carboxylic acids is 1. The lowest BCUT2D eigenvalue weighted by Crippen LogP contribution is -2.56. The maximum absolute atomic E-state index is 12.1. The highest BCUT2D eigenvalue weighted by molar-refractivity contribution is 5.81. The zero-order chi connectivity index (χ0) is 14.5. The summed E-state index contributed by atoms with van der Waals surface area (Å²) in [4.78, 5) is 14.5. The van der Waals surface area contributed by atoms with Crippen molar-refractivity contribution in [2.24, 2.45) is 11.8 Å². The van der Waals surface area contributed by atoms with Gasteiger partial charge in [0, 0.05) is 13.1 Å². The Bertz CT molecular complexity index is 376. The summed E-state index contributed by atoms with van der Waals surface area (Å²) in [7, 11) is 1.71. The number of rotatable bonds is 3. The lowest BCUT2D eigenvalue weighted by molar-refractivity contribution is -0.129. The highest BCUT2D eigenvalue weighted by Gasteiger charge is 2.39. The summed E-state index contributed by atoms with van der Waals surface area (Å²) in [5.74, 6) is 0.944. The molecule has 0 radical (unpaired) electrons. The molecule has 1 aliphatic heterocycles. The van der Waals surface area contributed by atoms with Crippen LogP contribution in [-0.4, -0.2) is 36.5 Å². The van der Waals surface area contributed by atoms with E-state index in [0.717, 1.165) is 44.6 Å². The third-order valence-corrected chi connectivity index (χ3v) is 5.19. The van der Waals surface area contributed by atoms with E-state index in [9.17, 15) is 10.1 Å². The number of piperidine rings is 1. The lowest BCUT2D eigenvalue weighted by atomic mass is 9.76. The van der Waals surface area contributed by atoms with Crippen LogP contribution in [0.1, 0.15) is 51.9 Å². The molecular weight excluding hydrogens is 250 g/mol. The number of likely N-dealkylation sites (N-methyl/N-ethyl adjacent to an activating group) is 1. The van der Waals surface area contributed by atoms with Crippen molar-refractivity contribution in [3.8, 4) is 6.07 Å². The Morgan fingerprint density at radius 1 is 1.35 bits per heavy atom. The molecular formula is C16H27N3O. The SMILES string of the molecule is CCC1CCC(C#N)C(N2CCCCC2C(=O)NC)C1. The van der Waals surface area contributed by atoms with Gasteiger partial charge in [0.2, 0.25) is 5.91 Å². The van der Waals surface area contributed by atoms with Crippen molar-refractivity contribution in [3.05, 3.63) is 0 Å². The predicted octanol–water partition coefficient (Wildman–Crippen LogP) is 2.31. The number of nitrogens with one attached hydrogen (secondary N) is 1. The number of hydrogen-bond acceptors (Lipinski definition) is 3. The number of nitrogens with zero attached hydrogens (tertiary/aromatic N) is 2. The fourth-order valence-corrected chi connectivity index (χ4v) is 3.92. The summed E-state index contributed by atoms with van der Waals surface area (Å²) in [6, 6.07) is 2.76. The highest BCUT2D eigenvalue weighted by atomic mass is 16.2. The quantitative estimate of drug-likeness (QED) is 0.861. The monoisotopic (exact) mass is 277 g/mol. The van der Waals surface area contributed by atoms with Gasteiger partial charge in [-0.3, -0.25) is 9.69 Å². The highest BCUT2D eigenvalue weighted by Crippen LogP contribution is 2.36. The van der Waals surface area contributed by atoms with E-state index in [-0.39, 0.29) is 23.9 Å². The Morgan fingerprint density at radius 2 is 2.15 bits per heavy atom. The first-order valence-electron chi connectivity index (χ1n) is 8.08. The summed E-state index contributed by atoms with van der Waals surface area (Å²) in [5.41, 5.74) is 0. The maximum atomic E-state index is 12.1. The van der Waals surface area contributed by atoms with Gasteiger partial charge in [-0.15, -0.1) is 0 Å². The summed E-state index contributed by atoms with van der Waals surface area (Å²) in [6.07, 6.45) is 7.65. The third kappa shape index (κ3) is 3.15. The molecule has 1 saturated heterocycles. The number of hydrogen-bond donors (Lipinski definition) is 1. The molecule has 1 N–H and O–H groups in total. The Kier molecular flexibility index (Phi) is 5.42. The van der Waals surface area contributed by atoms with Gasteiger partial charge in [-0.05, 0) is 44.6 Å². The topological polar surface area (TPSA) is 56.1 Å². The molecule has 0 aromatic heterocycles. The van der Waals surface area contributed by atoms with Gasteiger partial charge in [-0.1, -0.05) is 19.8 Å². The van der Waals surface area contributed by atoms with Crippen LogP contribution in [0.2, 0.25) is 0 Å². The minimum absolute atomic E-state index is 0.0230. The molecule has 2 aliphatic rings. The van der Waals surface area contributed by atoms with Gasteiger partial charge in [-0.2, -0.15) is 5.26 Å². The first kappa shape index (κ1) is 15.3. The van der Waals surface area contributed by atoms with Gasteiger partial charge in [0.15, 0.2) is 0 Å². The molecule has 2 fully saturated rings. The van der Waals surface area contributed by atoms with Crippen LogP contribution in [0.15, 0.2) is 0 Å². The number of likely N-dealkylation sites (tertiary alicyclic amines) is 1. The fourth-order valence-electron chi connectivity index (χ4n) is 3.92. The molecule has 1 heterocycles. The summed E-state index contributed by atoms with van der Waals surface area (Å²) in [6.45, 7) is 3.21. The maximum Gasteiger partial charge on any atom is 0.237 e. The minimum atomic E-state index is -0.0230. The molecule has 4 atom stereocenters. The van der Waals surface area contributed by atoms with Crippen LogP contribution in [0.25, 0.3) is 0 Å². The molecule has 1 saturated carbocycles. The third-order valence-electron chi connectivity index (χ3n) is 5.19. The van der Waals surface area contributed by atoms with Crippen LogP contribution < -0.4 is 5.32 Å². The molecule has 20 heavy (non-hydrogen) atoms. The Balaban J connectivity index is 2.15. The van der Waals surface area contributed by atoms with Crippen molar-refractivity contribution in [3.63, 3.8) is 0 Å². The van der Waals surface area contributed by atoms with Crippen molar-refractivity contribution in [2.75, 3.05) is 13.6 Å². The van der Waals surface area contributed by atoms with Crippen molar-refractivity contribution in [1.29, 1.82) is 5.26 Å². The molecule has 0 aromatic carbocycles. The second-order valence-corrected chi connectivity index (χ2v) is 6.25. The molecule has 0 bridgehead atoms. The van der Waals surface area contributed by atoms with E-state index in [0.29, 0.717) is 0 Å². The van der Waals surface area contributed by atoms with E-state index in [4.69, 9.17) is 0 Å². The Labute approximate surface area is 122 Å². The molecule has 2 rings (SSSR count). The molecule has 0 spiro atoms. The molecule has 4 unspecified atom stereocenters. The van der Waals surface area contributed by atoms with Crippen LogP contribution in [0, 0.1) is 23.2 Å². The predicted molar refractivity (Wildman–Crippen MR) is 78.9 cm³/mol. The van der Waals surface area contributed by atoms with Crippen molar-refractivity contribution < 1.29 is 4.79 Å². The van der Waals surface area contributed by atoms with E-state index in [1.165, 1.54) is 12.8 Å². The summed E-state index contributed by atoms with van der Waals surface area (Å²) < 4.78 is 0. The zero-order valence-electron chi connectivity index (χ0n) is 12.8. The van der Waals surface area contributed by atoms with Gasteiger partial charge in [0.05, 0.1) is 18.0 Å². The minimum Gasteiger partial charge on any atom is -0.358 e. The molecule has 112 valence electrons. The molecule has 0 aromatic rings. The second kappa shape index (κ2) is 7.08. The van der Waals surface area contributed by atoms with Crippen LogP contribution in [0.5, 0.6) is 0 Å². The summed E-state index contributed by atoms with van der Waals surface area (Å²) in [5, 5.41) is 12.3. The second-order valence-electron chi connectivity index (χ2n) is 6.25. The van der Waals surface area contributed by atoms with E-state index in [1.54, 1.807) is 7.05 Å².